The molecule has 0 bridgehead atoms. The number of hydrogen-bond donors (Lipinski definition) is 2. The topological polar surface area (TPSA) is 104 Å². The second-order valence-electron chi connectivity index (χ2n) is 6.73. The number of carbonyl (C=O) groups excluding carboxylic acids is 1. The Bertz CT molecular complexity index is 739. The fourth-order valence-electron chi connectivity index (χ4n) is 2.48. The average Bonchev–Trinajstić information content (AvgIpc) is 3.35. The Kier molecular flexibility index (Phi) is 5.84. The highest BCUT2D eigenvalue weighted by Gasteiger charge is 2.35. The molecule has 2 rings (SSSR count). The molecule has 25 heavy (non-hydrogen) atoms. The lowest BCUT2D eigenvalue weighted by atomic mass is 10.1. The van der Waals surface area contributed by atoms with E-state index in [0.717, 1.165) is 12.8 Å². The third kappa shape index (κ3) is 5.02. The number of aliphatic carboxylic acids is 1. The number of sulfonamides is 1. The first kappa shape index (κ1) is 19.4. The molecule has 0 saturated heterocycles. The van der Waals surface area contributed by atoms with E-state index in [1.807, 2.05) is 0 Å². The number of rotatable bonds is 8. The van der Waals surface area contributed by atoms with Crippen LogP contribution in [0.15, 0.2) is 29.2 Å². The molecular formula is C17H24N2O5S. The smallest absolute Gasteiger partial charge is 0.308 e. The van der Waals surface area contributed by atoms with Crippen LogP contribution in [0.1, 0.15) is 44.0 Å². The van der Waals surface area contributed by atoms with Crippen LogP contribution in [0.2, 0.25) is 0 Å². The molecular weight excluding hydrogens is 344 g/mol. The molecule has 8 heteroatoms. The average molecular weight is 368 g/mol. The molecule has 1 fully saturated rings. The van der Waals surface area contributed by atoms with E-state index in [0.29, 0.717) is 5.56 Å². The third-order valence-corrected chi connectivity index (χ3v) is 5.62. The molecule has 138 valence electrons. The highest BCUT2D eigenvalue weighted by molar-refractivity contribution is 7.89. The van der Waals surface area contributed by atoms with E-state index >= 15 is 0 Å². The summed E-state index contributed by atoms with van der Waals surface area (Å²) in [6.45, 7) is 5.17. The van der Waals surface area contributed by atoms with Gasteiger partial charge >= 0.3 is 5.97 Å². The predicted octanol–water partition coefficient (Wildman–Crippen LogP) is 1.70. The molecule has 1 aromatic carbocycles. The zero-order valence-corrected chi connectivity index (χ0v) is 15.4. The molecule has 1 aliphatic rings. The number of nitrogens with one attached hydrogen (secondary N) is 1. The van der Waals surface area contributed by atoms with E-state index in [2.05, 4.69) is 4.72 Å². The summed E-state index contributed by atoms with van der Waals surface area (Å²) in [6.07, 6.45) is 1.73. The van der Waals surface area contributed by atoms with E-state index in [4.69, 9.17) is 5.11 Å². The van der Waals surface area contributed by atoms with Gasteiger partial charge in [0.1, 0.15) is 0 Å². The summed E-state index contributed by atoms with van der Waals surface area (Å²) in [4.78, 5) is 25.4. The summed E-state index contributed by atoms with van der Waals surface area (Å²) >= 11 is 0. The van der Waals surface area contributed by atoms with Gasteiger partial charge in [-0.3, -0.25) is 9.59 Å². The Morgan fingerprint density at radius 2 is 1.76 bits per heavy atom. The maximum atomic E-state index is 12.7. The second kappa shape index (κ2) is 7.53. The van der Waals surface area contributed by atoms with E-state index in [-0.39, 0.29) is 29.4 Å². The van der Waals surface area contributed by atoms with Crippen LogP contribution in [0.25, 0.3) is 0 Å². The molecule has 0 aromatic heterocycles. The lowest BCUT2D eigenvalue weighted by Crippen LogP contribution is -2.38. The lowest BCUT2D eigenvalue weighted by Gasteiger charge is -2.24. The summed E-state index contributed by atoms with van der Waals surface area (Å²) < 4.78 is 26.7. The minimum atomic E-state index is -3.61. The summed E-state index contributed by atoms with van der Waals surface area (Å²) in [5.41, 5.74) is 0.355. The third-order valence-electron chi connectivity index (χ3n) is 3.94. The van der Waals surface area contributed by atoms with Gasteiger partial charge in [0.05, 0.1) is 10.8 Å². The van der Waals surface area contributed by atoms with Crippen molar-refractivity contribution < 1.29 is 23.1 Å². The van der Waals surface area contributed by atoms with Crippen molar-refractivity contribution in [2.45, 2.75) is 50.6 Å². The van der Waals surface area contributed by atoms with Crippen LogP contribution >= 0.6 is 0 Å². The van der Waals surface area contributed by atoms with E-state index in [9.17, 15) is 18.0 Å². The van der Waals surface area contributed by atoms with Crippen LogP contribution in [0.3, 0.4) is 0 Å². The molecule has 7 nitrogen and oxygen atoms in total. The second-order valence-corrected chi connectivity index (χ2v) is 8.44. The first-order chi connectivity index (χ1) is 11.6. The number of carbonyl (C=O) groups is 2. The van der Waals surface area contributed by atoms with E-state index < -0.39 is 21.9 Å². The number of nitrogens with zero attached hydrogens (tertiary/aromatic N) is 1. The maximum Gasteiger partial charge on any atom is 0.308 e. The minimum absolute atomic E-state index is 0.0697. The number of carboxylic acid groups (broad SMARTS) is 1. The van der Waals surface area contributed by atoms with Crippen LogP contribution in [-0.2, 0) is 14.8 Å². The zero-order chi connectivity index (χ0) is 18.8. The van der Waals surface area contributed by atoms with Gasteiger partial charge in [0.25, 0.3) is 5.91 Å². The monoisotopic (exact) mass is 368 g/mol. The van der Waals surface area contributed by atoms with Crippen molar-refractivity contribution >= 4 is 21.9 Å². The van der Waals surface area contributed by atoms with Gasteiger partial charge in [0.2, 0.25) is 10.0 Å². The van der Waals surface area contributed by atoms with Crippen molar-refractivity contribution in [3.8, 4) is 0 Å². The summed E-state index contributed by atoms with van der Waals surface area (Å²) in [5.74, 6) is -1.87. The van der Waals surface area contributed by atoms with Crippen molar-refractivity contribution in [2.75, 3.05) is 6.54 Å². The summed E-state index contributed by atoms with van der Waals surface area (Å²) in [7, 11) is -3.61. The van der Waals surface area contributed by atoms with E-state index in [1.54, 1.807) is 25.7 Å². The van der Waals surface area contributed by atoms with Crippen molar-refractivity contribution in [3.05, 3.63) is 29.8 Å². The highest BCUT2D eigenvalue weighted by Crippen LogP contribution is 2.29. The maximum absolute atomic E-state index is 12.7. The first-order valence-electron chi connectivity index (χ1n) is 8.28. The van der Waals surface area contributed by atoms with Gasteiger partial charge < -0.3 is 10.0 Å². The predicted molar refractivity (Wildman–Crippen MR) is 92.8 cm³/mol. The van der Waals surface area contributed by atoms with Gasteiger partial charge in [-0.2, -0.15) is 0 Å². The fourth-order valence-corrected chi connectivity index (χ4v) is 3.73. The van der Waals surface area contributed by atoms with Crippen LogP contribution in [0, 0.1) is 5.92 Å². The summed E-state index contributed by atoms with van der Waals surface area (Å²) in [5, 5.41) is 9.07. The Balaban J connectivity index is 2.17. The standard InChI is InChI=1S/C17H24N2O5S/c1-11(2)18-25(23,24)15-8-4-13(5-9-15)16(20)19(14-6-7-14)10-12(3)17(21)22/h4-5,8-9,11-12,14,18H,6-7,10H2,1-3H3,(H,21,22). The fraction of sp³-hybridized carbons (Fsp3) is 0.529. The molecule has 1 saturated carbocycles. The molecule has 2 N–H and O–H groups in total. The molecule has 0 radical (unpaired) electrons. The quantitative estimate of drug-likeness (QED) is 0.727. The van der Waals surface area contributed by atoms with Crippen LogP contribution in [-0.4, -0.2) is 48.9 Å². The minimum Gasteiger partial charge on any atom is -0.481 e. The molecule has 1 aliphatic carbocycles. The van der Waals surface area contributed by atoms with Gasteiger partial charge in [-0.1, -0.05) is 6.92 Å². The zero-order valence-electron chi connectivity index (χ0n) is 14.6. The summed E-state index contributed by atoms with van der Waals surface area (Å²) in [6, 6.07) is 5.57. The van der Waals surface area contributed by atoms with Gasteiger partial charge in [0, 0.05) is 24.2 Å². The highest BCUT2D eigenvalue weighted by atomic mass is 32.2. The van der Waals surface area contributed by atoms with Gasteiger partial charge in [-0.05, 0) is 51.0 Å². The first-order valence-corrected chi connectivity index (χ1v) is 9.76. The molecule has 1 amide bonds. The molecule has 0 heterocycles. The molecule has 1 aromatic rings. The van der Waals surface area contributed by atoms with Crippen molar-refractivity contribution in [1.29, 1.82) is 0 Å². The van der Waals surface area contributed by atoms with Crippen LogP contribution in [0.4, 0.5) is 0 Å². The van der Waals surface area contributed by atoms with Crippen LogP contribution in [0.5, 0.6) is 0 Å². The normalized spacial score (nSPS) is 15.8. The molecule has 1 unspecified atom stereocenters. The Hall–Kier alpha value is -1.93. The van der Waals surface area contributed by atoms with Gasteiger partial charge in [0.15, 0.2) is 0 Å². The number of benzene rings is 1. The number of amides is 1. The van der Waals surface area contributed by atoms with E-state index in [1.165, 1.54) is 24.3 Å². The van der Waals surface area contributed by atoms with Crippen LogP contribution < -0.4 is 4.72 Å². The van der Waals surface area contributed by atoms with Crippen molar-refractivity contribution in [3.63, 3.8) is 0 Å². The Morgan fingerprint density at radius 1 is 1.20 bits per heavy atom. The SMILES string of the molecule is CC(C)NS(=O)(=O)c1ccc(C(=O)N(CC(C)C(=O)O)C2CC2)cc1. The van der Waals surface area contributed by atoms with Crippen molar-refractivity contribution in [2.24, 2.45) is 5.92 Å². The largest absolute Gasteiger partial charge is 0.481 e. The molecule has 0 spiro atoms. The molecule has 1 atom stereocenters. The lowest BCUT2D eigenvalue weighted by molar-refractivity contribution is -0.141. The Morgan fingerprint density at radius 3 is 2.20 bits per heavy atom. The Labute approximate surface area is 148 Å². The van der Waals surface area contributed by atoms with Crippen molar-refractivity contribution in [1.82, 2.24) is 9.62 Å². The van der Waals surface area contributed by atoms with Gasteiger partial charge in [-0.25, -0.2) is 13.1 Å². The van der Waals surface area contributed by atoms with Gasteiger partial charge in [-0.15, -0.1) is 0 Å². The molecule has 0 aliphatic heterocycles. The number of carboxylic acids is 1. The number of hydrogen-bond acceptors (Lipinski definition) is 4.